The van der Waals surface area contributed by atoms with E-state index in [0.29, 0.717) is 11.8 Å². The van der Waals surface area contributed by atoms with E-state index in [0.717, 1.165) is 19.5 Å². The third-order valence-corrected chi connectivity index (χ3v) is 5.58. The Morgan fingerprint density at radius 3 is 2.35 bits per heavy atom. The van der Waals surface area contributed by atoms with Gasteiger partial charge in [-0.2, -0.15) is 0 Å². The van der Waals surface area contributed by atoms with E-state index in [-0.39, 0.29) is 0 Å². The molecule has 1 heterocycles. The first kappa shape index (κ1) is 14.3. The molecule has 1 fully saturated rings. The van der Waals surface area contributed by atoms with Crippen molar-refractivity contribution in [3.8, 4) is 0 Å². The lowest BCUT2D eigenvalue weighted by Gasteiger charge is -2.20. The molecule has 104 valence electrons. The van der Waals surface area contributed by atoms with Gasteiger partial charge in [-0.25, -0.2) is 0 Å². The summed E-state index contributed by atoms with van der Waals surface area (Å²) in [5, 5.41) is 3.55. The SMILES string of the molecule is Brc1ccccc1C[C@H]1CNC[C@H]1c1ccccc1Br. The minimum Gasteiger partial charge on any atom is -0.316 e. The zero-order chi connectivity index (χ0) is 13.9. The summed E-state index contributed by atoms with van der Waals surface area (Å²) in [6, 6.07) is 17.1. The first-order valence-corrected chi connectivity index (χ1v) is 8.53. The fourth-order valence-electron chi connectivity index (χ4n) is 3.03. The van der Waals surface area contributed by atoms with Gasteiger partial charge >= 0.3 is 0 Å². The number of hydrogen-bond acceptors (Lipinski definition) is 1. The largest absolute Gasteiger partial charge is 0.316 e. The van der Waals surface area contributed by atoms with Crippen molar-refractivity contribution in [2.24, 2.45) is 5.92 Å². The summed E-state index contributed by atoms with van der Waals surface area (Å²) in [4.78, 5) is 0. The minimum atomic E-state index is 0.581. The Morgan fingerprint density at radius 1 is 0.900 bits per heavy atom. The van der Waals surface area contributed by atoms with Crippen LogP contribution in [-0.4, -0.2) is 13.1 Å². The van der Waals surface area contributed by atoms with Gasteiger partial charge in [-0.15, -0.1) is 0 Å². The van der Waals surface area contributed by atoms with E-state index in [2.05, 4.69) is 85.7 Å². The van der Waals surface area contributed by atoms with Gasteiger partial charge in [0.1, 0.15) is 0 Å². The average molecular weight is 395 g/mol. The summed E-state index contributed by atoms with van der Waals surface area (Å²) in [5.74, 6) is 1.23. The van der Waals surface area contributed by atoms with Crippen LogP contribution in [0.5, 0.6) is 0 Å². The third kappa shape index (κ3) is 3.00. The highest BCUT2D eigenvalue weighted by molar-refractivity contribution is 9.10. The summed E-state index contributed by atoms with van der Waals surface area (Å²) in [7, 11) is 0. The maximum atomic E-state index is 3.70. The van der Waals surface area contributed by atoms with Crippen LogP contribution in [0.25, 0.3) is 0 Å². The molecule has 0 unspecified atom stereocenters. The summed E-state index contributed by atoms with van der Waals surface area (Å²) in [6.07, 6.45) is 1.11. The molecule has 2 aromatic rings. The molecule has 0 radical (unpaired) electrons. The van der Waals surface area contributed by atoms with Gasteiger partial charge in [0.2, 0.25) is 0 Å². The highest BCUT2D eigenvalue weighted by Gasteiger charge is 2.29. The smallest absolute Gasteiger partial charge is 0.0210 e. The van der Waals surface area contributed by atoms with Gasteiger partial charge in [0, 0.05) is 21.4 Å². The second-order valence-electron chi connectivity index (χ2n) is 5.34. The van der Waals surface area contributed by atoms with Gasteiger partial charge in [0.15, 0.2) is 0 Å². The molecule has 2 aromatic carbocycles. The van der Waals surface area contributed by atoms with E-state index in [1.165, 1.54) is 20.1 Å². The lowest BCUT2D eigenvalue weighted by molar-refractivity contribution is 0.514. The fourth-order valence-corrected chi connectivity index (χ4v) is 4.06. The standard InChI is InChI=1S/C17H17Br2N/c18-16-7-3-1-5-12(16)9-13-10-20-11-15(13)14-6-2-4-8-17(14)19/h1-8,13,15,20H,9-11H2/t13-,15+/m0/s1. The molecule has 0 amide bonds. The summed E-state index contributed by atoms with van der Waals surface area (Å²) in [6.45, 7) is 2.16. The maximum absolute atomic E-state index is 3.70. The topological polar surface area (TPSA) is 12.0 Å². The Bertz CT molecular complexity index is 597. The molecule has 1 nitrogen and oxygen atoms in total. The monoisotopic (exact) mass is 393 g/mol. The Labute approximate surface area is 137 Å². The molecule has 0 bridgehead atoms. The third-order valence-electron chi connectivity index (χ3n) is 4.08. The molecule has 1 saturated heterocycles. The van der Waals surface area contributed by atoms with Crippen LogP contribution in [0, 0.1) is 5.92 Å². The molecule has 1 aliphatic heterocycles. The van der Waals surface area contributed by atoms with E-state index >= 15 is 0 Å². The minimum absolute atomic E-state index is 0.581. The number of rotatable bonds is 3. The van der Waals surface area contributed by atoms with Crippen LogP contribution in [0.3, 0.4) is 0 Å². The Morgan fingerprint density at radius 2 is 1.60 bits per heavy atom. The predicted molar refractivity (Wildman–Crippen MR) is 91.1 cm³/mol. The lowest BCUT2D eigenvalue weighted by atomic mass is 9.85. The van der Waals surface area contributed by atoms with Gasteiger partial charge in [0.25, 0.3) is 0 Å². The van der Waals surface area contributed by atoms with Gasteiger partial charge in [-0.3, -0.25) is 0 Å². The van der Waals surface area contributed by atoms with Gasteiger partial charge < -0.3 is 5.32 Å². The highest BCUT2D eigenvalue weighted by atomic mass is 79.9. The normalized spacial score (nSPS) is 22.1. The first-order chi connectivity index (χ1) is 9.75. The molecule has 0 aromatic heterocycles. The average Bonchev–Trinajstić information content (AvgIpc) is 2.90. The molecular formula is C17H17Br2N. The van der Waals surface area contributed by atoms with Crippen LogP contribution < -0.4 is 5.32 Å². The van der Waals surface area contributed by atoms with Crippen molar-refractivity contribution < 1.29 is 0 Å². The van der Waals surface area contributed by atoms with Crippen LogP contribution >= 0.6 is 31.9 Å². The Hall–Kier alpha value is -0.640. The zero-order valence-corrected chi connectivity index (χ0v) is 14.3. The highest BCUT2D eigenvalue weighted by Crippen LogP contribution is 2.35. The van der Waals surface area contributed by atoms with Gasteiger partial charge in [0.05, 0.1) is 0 Å². The van der Waals surface area contributed by atoms with E-state index in [1.54, 1.807) is 0 Å². The van der Waals surface area contributed by atoms with Crippen LogP contribution in [0.15, 0.2) is 57.5 Å². The summed E-state index contributed by atoms with van der Waals surface area (Å²) >= 11 is 7.36. The van der Waals surface area contributed by atoms with Crippen LogP contribution in [-0.2, 0) is 6.42 Å². The molecule has 1 aliphatic rings. The molecule has 0 spiro atoms. The fraction of sp³-hybridized carbons (Fsp3) is 0.294. The van der Waals surface area contributed by atoms with E-state index in [4.69, 9.17) is 0 Å². The number of hydrogen-bond donors (Lipinski definition) is 1. The first-order valence-electron chi connectivity index (χ1n) is 6.94. The lowest BCUT2D eigenvalue weighted by Crippen LogP contribution is -2.14. The van der Waals surface area contributed by atoms with E-state index < -0.39 is 0 Å². The molecule has 3 heteroatoms. The summed E-state index contributed by atoms with van der Waals surface area (Å²) < 4.78 is 2.45. The number of benzene rings is 2. The van der Waals surface area contributed by atoms with E-state index in [9.17, 15) is 0 Å². The van der Waals surface area contributed by atoms with Crippen LogP contribution in [0.2, 0.25) is 0 Å². The van der Waals surface area contributed by atoms with Crippen molar-refractivity contribution >= 4 is 31.9 Å². The molecule has 2 atom stereocenters. The second-order valence-corrected chi connectivity index (χ2v) is 7.05. The van der Waals surface area contributed by atoms with Crippen LogP contribution in [0.4, 0.5) is 0 Å². The van der Waals surface area contributed by atoms with Crippen LogP contribution in [0.1, 0.15) is 17.0 Å². The van der Waals surface area contributed by atoms with E-state index in [1.807, 2.05) is 0 Å². The zero-order valence-electron chi connectivity index (χ0n) is 11.2. The van der Waals surface area contributed by atoms with Gasteiger partial charge in [-0.05, 0) is 42.1 Å². The van der Waals surface area contributed by atoms with Crippen molar-refractivity contribution in [1.82, 2.24) is 5.32 Å². The molecule has 3 rings (SSSR count). The second kappa shape index (κ2) is 6.42. The van der Waals surface area contributed by atoms with Crippen molar-refractivity contribution in [3.05, 3.63) is 68.6 Å². The predicted octanol–water partition coefficient (Wildman–Crippen LogP) is 4.76. The van der Waals surface area contributed by atoms with Crippen molar-refractivity contribution in [2.75, 3.05) is 13.1 Å². The molecule has 20 heavy (non-hydrogen) atoms. The van der Waals surface area contributed by atoms with Gasteiger partial charge in [-0.1, -0.05) is 68.3 Å². The van der Waals surface area contributed by atoms with Crippen molar-refractivity contribution in [3.63, 3.8) is 0 Å². The summed E-state index contributed by atoms with van der Waals surface area (Å²) in [5.41, 5.74) is 2.83. The number of halogens is 2. The molecule has 1 N–H and O–H groups in total. The molecule has 0 saturated carbocycles. The quantitative estimate of drug-likeness (QED) is 0.791. The molecule has 0 aliphatic carbocycles. The Kier molecular flexibility index (Phi) is 4.59. The van der Waals surface area contributed by atoms with Crippen molar-refractivity contribution in [1.29, 1.82) is 0 Å². The maximum Gasteiger partial charge on any atom is 0.0210 e. The Balaban J connectivity index is 1.83. The van der Waals surface area contributed by atoms with Crippen molar-refractivity contribution in [2.45, 2.75) is 12.3 Å². The number of nitrogens with one attached hydrogen (secondary N) is 1. The molecular weight excluding hydrogens is 378 g/mol.